The monoisotopic (exact) mass is 771 g/mol. The Hall–Kier alpha value is -5.47. The number of hydrogen-bond acceptors (Lipinski definition) is 1. The zero-order valence-corrected chi connectivity index (χ0v) is 36.1. The SMILES string of the molecule is CC(C)(C)c1ccc2c(c1)c1ccc(C(C)(C)C)cc1n2-c1cc(C#N)cc(-n2c3ccc(C(C)(C)C)cc3c3ccc(C(C)(C)C)cc32)c1C1=C(F)C=CCC1F. The fraction of sp³-hybridized carbons (Fsp3) is 0.340. The predicted molar refractivity (Wildman–Crippen MR) is 241 cm³/mol. The quantitative estimate of drug-likeness (QED) is 0.176. The summed E-state index contributed by atoms with van der Waals surface area (Å²) in [7, 11) is 0. The van der Waals surface area contributed by atoms with Gasteiger partial charge in [-0.2, -0.15) is 5.26 Å². The molecule has 2 aromatic heterocycles. The van der Waals surface area contributed by atoms with E-state index >= 15 is 8.78 Å². The highest BCUT2D eigenvalue weighted by Gasteiger charge is 2.32. The van der Waals surface area contributed by atoms with E-state index in [-0.39, 0.29) is 33.7 Å². The molecule has 58 heavy (non-hydrogen) atoms. The van der Waals surface area contributed by atoms with Gasteiger partial charge in [-0.05, 0) is 98.5 Å². The Morgan fingerprint density at radius 2 is 0.931 bits per heavy atom. The molecule has 0 saturated heterocycles. The summed E-state index contributed by atoms with van der Waals surface area (Å²) in [5, 5.41) is 15.0. The lowest BCUT2D eigenvalue weighted by atomic mass is 9.85. The highest BCUT2D eigenvalue weighted by atomic mass is 19.1. The Morgan fingerprint density at radius 3 is 1.31 bits per heavy atom. The Balaban J connectivity index is 1.62. The van der Waals surface area contributed by atoms with Crippen molar-refractivity contribution in [2.75, 3.05) is 0 Å². The Bertz CT molecular complexity index is 2760. The Kier molecular flexibility index (Phi) is 9.01. The molecular weight excluding hydrogens is 717 g/mol. The van der Waals surface area contributed by atoms with Crippen LogP contribution in [0.3, 0.4) is 0 Å². The van der Waals surface area contributed by atoms with Crippen LogP contribution >= 0.6 is 0 Å². The van der Waals surface area contributed by atoms with Crippen LogP contribution in [-0.4, -0.2) is 15.3 Å². The number of aromatic nitrogens is 2. The minimum absolute atomic E-state index is 0.00133. The van der Waals surface area contributed by atoms with Crippen molar-refractivity contribution in [3.63, 3.8) is 0 Å². The van der Waals surface area contributed by atoms with E-state index < -0.39 is 12.0 Å². The van der Waals surface area contributed by atoms with Gasteiger partial charge in [-0.3, -0.25) is 0 Å². The minimum atomic E-state index is -1.60. The number of rotatable bonds is 3. The molecule has 5 heteroatoms. The summed E-state index contributed by atoms with van der Waals surface area (Å²) in [5.74, 6) is -0.608. The van der Waals surface area contributed by atoms with E-state index in [2.05, 4.69) is 171 Å². The summed E-state index contributed by atoms with van der Waals surface area (Å²) in [5.41, 5.74) is 9.75. The molecule has 5 aromatic carbocycles. The lowest BCUT2D eigenvalue weighted by Crippen LogP contribution is -2.15. The first kappa shape index (κ1) is 39.4. The number of fused-ring (bicyclic) bond motifs is 6. The second kappa shape index (κ2) is 13.3. The number of benzene rings is 5. The molecular formula is C53H55F2N3. The van der Waals surface area contributed by atoms with Crippen LogP contribution in [0.2, 0.25) is 0 Å². The Labute approximate surface area is 342 Å². The van der Waals surface area contributed by atoms with Crippen molar-refractivity contribution in [1.82, 2.24) is 9.13 Å². The maximum atomic E-state index is 16.8. The summed E-state index contributed by atoms with van der Waals surface area (Å²) in [6.07, 6.45) is 1.41. The molecule has 0 radical (unpaired) electrons. The molecule has 0 saturated carbocycles. The van der Waals surface area contributed by atoms with Crippen molar-refractivity contribution in [3.8, 4) is 17.4 Å². The molecule has 1 aliphatic rings. The van der Waals surface area contributed by atoms with Gasteiger partial charge in [-0.15, -0.1) is 0 Å². The van der Waals surface area contributed by atoms with Crippen LogP contribution in [0.25, 0.3) is 60.6 Å². The van der Waals surface area contributed by atoms with Gasteiger partial charge in [0, 0.05) is 39.1 Å². The number of nitrogens with zero attached hydrogens (tertiary/aromatic N) is 3. The average molecular weight is 772 g/mol. The summed E-state index contributed by atoms with van der Waals surface area (Å²) in [6.45, 7) is 26.4. The lowest BCUT2D eigenvalue weighted by Gasteiger charge is -2.26. The van der Waals surface area contributed by atoms with Crippen molar-refractivity contribution in [3.05, 3.63) is 136 Å². The van der Waals surface area contributed by atoms with Crippen LogP contribution in [0, 0.1) is 11.3 Å². The van der Waals surface area contributed by atoms with Gasteiger partial charge in [0.15, 0.2) is 0 Å². The summed E-state index contributed by atoms with van der Waals surface area (Å²) < 4.78 is 37.9. The second-order valence-electron chi connectivity index (χ2n) is 20.5. The third kappa shape index (κ3) is 6.46. The zero-order valence-electron chi connectivity index (χ0n) is 36.1. The van der Waals surface area contributed by atoms with Crippen LogP contribution < -0.4 is 0 Å². The van der Waals surface area contributed by atoms with Crippen molar-refractivity contribution < 1.29 is 8.78 Å². The van der Waals surface area contributed by atoms with Crippen molar-refractivity contribution in [2.24, 2.45) is 0 Å². The topological polar surface area (TPSA) is 33.6 Å². The van der Waals surface area contributed by atoms with Gasteiger partial charge in [0.05, 0.1) is 45.1 Å². The van der Waals surface area contributed by atoms with Gasteiger partial charge in [0.2, 0.25) is 0 Å². The smallest absolute Gasteiger partial charge is 0.132 e. The van der Waals surface area contributed by atoms with Crippen LogP contribution in [0.5, 0.6) is 0 Å². The molecule has 0 aliphatic heterocycles. The van der Waals surface area contributed by atoms with E-state index in [0.717, 1.165) is 54.7 Å². The third-order valence-electron chi connectivity index (χ3n) is 12.2. The number of hydrogen-bond donors (Lipinski definition) is 0. The molecule has 7 aromatic rings. The van der Waals surface area contributed by atoms with Crippen LogP contribution in [0.4, 0.5) is 8.78 Å². The fourth-order valence-corrected chi connectivity index (χ4v) is 8.66. The first-order valence-electron chi connectivity index (χ1n) is 20.6. The molecule has 1 unspecified atom stereocenters. The highest BCUT2D eigenvalue weighted by Crippen LogP contribution is 2.46. The van der Waals surface area contributed by atoms with Gasteiger partial charge < -0.3 is 9.13 Å². The first-order valence-corrected chi connectivity index (χ1v) is 20.6. The molecule has 1 atom stereocenters. The second-order valence-corrected chi connectivity index (χ2v) is 20.5. The third-order valence-corrected chi connectivity index (χ3v) is 12.2. The van der Waals surface area contributed by atoms with Crippen molar-refractivity contribution >= 4 is 49.2 Å². The summed E-state index contributed by atoms with van der Waals surface area (Å²) in [4.78, 5) is 0. The number of halogens is 2. The van der Waals surface area contributed by atoms with E-state index in [9.17, 15) is 5.26 Å². The molecule has 2 heterocycles. The van der Waals surface area contributed by atoms with Crippen LogP contribution in [-0.2, 0) is 21.7 Å². The lowest BCUT2D eigenvalue weighted by molar-refractivity contribution is 0.406. The standard InChI is InChI=1S/C53H55F2N3/c1-50(2,3)32-18-22-42-38(26-32)36-20-16-34(52(7,8)9)28-44(36)57(42)46-24-31(30-56)25-47(49(46)48-40(54)14-13-15-41(48)55)58-43-23-19-33(51(4,5)6)27-39(43)37-21-17-35(29-45(37)58)53(10,11)12/h13-14,16-29,41H,15H2,1-12H3. The average Bonchev–Trinajstić information content (AvgIpc) is 3.64. The zero-order chi connectivity index (χ0) is 41.9. The summed E-state index contributed by atoms with van der Waals surface area (Å²) >= 11 is 0. The maximum Gasteiger partial charge on any atom is 0.132 e. The van der Waals surface area contributed by atoms with Crippen molar-refractivity contribution in [2.45, 2.75) is 117 Å². The molecule has 8 rings (SSSR count). The molecule has 0 fully saturated rings. The molecule has 3 nitrogen and oxygen atoms in total. The number of alkyl halides is 1. The fourth-order valence-electron chi connectivity index (χ4n) is 8.66. The first-order chi connectivity index (χ1) is 27.1. The van der Waals surface area contributed by atoms with Gasteiger partial charge >= 0.3 is 0 Å². The van der Waals surface area contributed by atoms with Gasteiger partial charge in [0.25, 0.3) is 0 Å². The number of allylic oxidation sites excluding steroid dienone is 4. The van der Waals surface area contributed by atoms with E-state index in [1.807, 2.05) is 12.1 Å². The highest BCUT2D eigenvalue weighted by molar-refractivity contribution is 6.12. The molecule has 0 bridgehead atoms. The largest absolute Gasteiger partial charge is 0.308 e. The summed E-state index contributed by atoms with van der Waals surface area (Å²) in [6, 6.07) is 32.4. The minimum Gasteiger partial charge on any atom is -0.308 e. The molecule has 1 aliphatic carbocycles. The Morgan fingerprint density at radius 1 is 0.534 bits per heavy atom. The maximum absolute atomic E-state index is 16.8. The number of nitriles is 1. The molecule has 0 spiro atoms. The van der Waals surface area contributed by atoms with Crippen LogP contribution in [0.15, 0.2) is 103 Å². The predicted octanol–water partition coefficient (Wildman–Crippen LogP) is 14.9. The van der Waals surface area contributed by atoms with E-state index in [1.54, 1.807) is 6.08 Å². The van der Waals surface area contributed by atoms with Gasteiger partial charge in [0.1, 0.15) is 12.0 Å². The molecule has 296 valence electrons. The van der Waals surface area contributed by atoms with Crippen LogP contribution in [0.1, 0.15) is 123 Å². The van der Waals surface area contributed by atoms with E-state index in [1.165, 1.54) is 17.2 Å². The van der Waals surface area contributed by atoms with E-state index in [4.69, 9.17) is 0 Å². The van der Waals surface area contributed by atoms with E-state index in [0.29, 0.717) is 22.5 Å². The van der Waals surface area contributed by atoms with Gasteiger partial charge in [-0.1, -0.05) is 126 Å². The molecule has 0 N–H and O–H groups in total. The molecule has 0 amide bonds. The van der Waals surface area contributed by atoms with Crippen molar-refractivity contribution in [1.29, 1.82) is 5.26 Å². The van der Waals surface area contributed by atoms with Gasteiger partial charge in [-0.25, -0.2) is 8.78 Å². The normalized spacial score (nSPS) is 15.7.